The summed E-state index contributed by atoms with van der Waals surface area (Å²) >= 11 is 0. The Morgan fingerprint density at radius 3 is 2.56 bits per heavy atom. The van der Waals surface area contributed by atoms with E-state index in [1.165, 1.54) is 4.90 Å². The molecule has 0 bridgehead atoms. The Labute approximate surface area is 108 Å². The Hall–Kier alpha value is -1.10. The first-order valence-electron chi connectivity index (χ1n) is 6.60. The Balaban J connectivity index is 2.67. The number of likely N-dealkylation sites (tertiary alicyclic amines) is 1. The highest BCUT2D eigenvalue weighted by Gasteiger charge is 2.35. The maximum Gasteiger partial charge on any atom is 0.326 e. The number of aliphatic carboxylic acids is 1. The van der Waals surface area contributed by atoms with Crippen LogP contribution in [0.4, 0.5) is 0 Å². The molecular formula is C13H24N2O3. The fourth-order valence-electron chi connectivity index (χ4n) is 2.23. The number of rotatable bonds is 4. The SMILES string of the molecule is CC1CCN(C(=O)CC(N)C(C)C)C(C(=O)O)C1. The number of amides is 1. The number of carboxylic acids is 1. The van der Waals surface area contributed by atoms with Crippen molar-refractivity contribution in [2.45, 2.75) is 52.1 Å². The van der Waals surface area contributed by atoms with Gasteiger partial charge in [0.15, 0.2) is 0 Å². The van der Waals surface area contributed by atoms with Gasteiger partial charge in [-0.3, -0.25) is 4.79 Å². The van der Waals surface area contributed by atoms with E-state index >= 15 is 0 Å². The third kappa shape index (κ3) is 3.70. The van der Waals surface area contributed by atoms with Gasteiger partial charge in [-0.15, -0.1) is 0 Å². The minimum Gasteiger partial charge on any atom is -0.480 e. The summed E-state index contributed by atoms with van der Waals surface area (Å²) in [6.45, 7) is 6.48. The first kappa shape index (κ1) is 15.0. The standard InChI is InChI=1S/C13H24N2O3/c1-8(2)10(14)7-12(16)15-5-4-9(3)6-11(15)13(17)18/h8-11H,4-7,14H2,1-3H3,(H,17,18). The molecule has 5 nitrogen and oxygen atoms in total. The third-order valence-corrected chi connectivity index (χ3v) is 3.74. The zero-order valence-electron chi connectivity index (χ0n) is 11.4. The van der Waals surface area contributed by atoms with Gasteiger partial charge in [0.25, 0.3) is 0 Å². The molecule has 1 fully saturated rings. The molecule has 1 amide bonds. The molecule has 1 heterocycles. The molecule has 0 aliphatic carbocycles. The van der Waals surface area contributed by atoms with Crippen LogP contribution in [0.5, 0.6) is 0 Å². The van der Waals surface area contributed by atoms with Gasteiger partial charge < -0.3 is 15.7 Å². The monoisotopic (exact) mass is 256 g/mol. The normalized spacial score (nSPS) is 26.2. The van der Waals surface area contributed by atoms with Crippen molar-refractivity contribution >= 4 is 11.9 Å². The van der Waals surface area contributed by atoms with Gasteiger partial charge in [-0.2, -0.15) is 0 Å². The molecule has 0 aromatic rings. The van der Waals surface area contributed by atoms with Gasteiger partial charge >= 0.3 is 5.97 Å². The molecule has 5 heteroatoms. The van der Waals surface area contributed by atoms with Crippen LogP contribution in [0.25, 0.3) is 0 Å². The molecule has 1 aliphatic rings. The average Bonchev–Trinajstić information content (AvgIpc) is 2.28. The van der Waals surface area contributed by atoms with E-state index in [4.69, 9.17) is 5.73 Å². The highest BCUT2D eigenvalue weighted by atomic mass is 16.4. The molecule has 3 atom stereocenters. The molecule has 3 unspecified atom stereocenters. The van der Waals surface area contributed by atoms with Crippen LogP contribution in [0.15, 0.2) is 0 Å². The second-order valence-electron chi connectivity index (χ2n) is 5.68. The lowest BCUT2D eigenvalue weighted by molar-refractivity contribution is -0.153. The third-order valence-electron chi connectivity index (χ3n) is 3.74. The lowest BCUT2D eigenvalue weighted by Gasteiger charge is -2.36. The molecular weight excluding hydrogens is 232 g/mol. The quantitative estimate of drug-likeness (QED) is 0.788. The number of hydrogen-bond acceptors (Lipinski definition) is 3. The summed E-state index contributed by atoms with van der Waals surface area (Å²) < 4.78 is 0. The van der Waals surface area contributed by atoms with Crippen molar-refractivity contribution in [3.63, 3.8) is 0 Å². The van der Waals surface area contributed by atoms with Crippen LogP contribution in [0.3, 0.4) is 0 Å². The summed E-state index contributed by atoms with van der Waals surface area (Å²) in [7, 11) is 0. The molecule has 0 saturated carbocycles. The van der Waals surface area contributed by atoms with E-state index in [0.29, 0.717) is 18.9 Å². The molecule has 3 N–H and O–H groups in total. The molecule has 0 aromatic heterocycles. The summed E-state index contributed by atoms with van der Waals surface area (Å²) in [4.78, 5) is 24.8. The molecule has 1 saturated heterocycles. The number of piperidine rings is 1. The van der Waals surface area contributed by atoms with Crippen molar-refractivity contribution in [3.05, 3.63) is 0 Å². The topological polar surface area (TPSA) is 83.6 Å². The fraction of sp³-hybridized carbons (Fsp3) is 0.846. The van der Waals surface area contributed by atoms with Crippen LogP contribution in [-0.2, 0) is 9.59 Å². The molecule has 104 valence electrons. The van der Waals surface area contributed by atoms with Gasteiger partial charge in [-0.25, -0.2) is 4.79 Å². The summed E-state index contributed by atoms with van der Waals surface area (Å²) in [6.07, 6.45) is 1.64. The predicted octanol–water partition coefficient (Wildman–Crippen LogP) is 1.07. The van der Waals surface area contributed by atoms with E-state index in [1.54, 1.807) is 0 Å². The Bertz CT molecular complexity index is 317. The average molecular weight is 256 g/mol. The lowest BCUT2D eigenvalue weighted by atomic mass is 9.91. The Kier molecular flexibility index (Phi) is 5.14. The van der Waals surface area contributed by atoms with Gasteiger partial charge in [0.1, 0.15) is 6.04 Å². The lowest BCUT2D eigenvalue weighted by Crippen LogP contribution is -2.51. The first-order chi connectivity index (χ1) is 8.32. The van der Waals surface area contributed by atoms with Crippen LogP contribution in [0, 0.1) is 11.8 Å². The fourth-order valence-corrected chi connectivity index (χ4v) is 2.23. The molecule has 1 aliphatic heterocycles. The molecule has 0 radical (unpaired) electrons. The number of carbonyl (C=O) groups excluding carboxylic acids is 1. The van der Waals surface area contributed by atoms with E-state index in [9.17, 15) is 14.7 Å². The molecule has 1 rings (SSSR count). The van der Waals surface area contributed by atoms with Crippen molar-refractivity contribution in [2.75, 3.05) is 6.54 Å². The maximum absolute atomic E-state index is 12.1. The van der Waals surface area contributed by atoms with E-state index in [-0.39, 0.29) is 24.3 Å². The molecule has 0 aromatic carbocycles. The van der Waals surface area contributed by atoms with Gasteiger partial charge in [-0.05, 0) is 24.7 Å². The zero-order chi connectivity index (χ0) is 13.9. The van der Waals surface area contributed by atoms with Gasteiger partial charge in [0, 0.05) is 19.0 Å². The van der Waals surface area contributed by atoms with Gasteiger partial charge in [0.2, 0.25) is 5.91 Å². The number of nitrogens with zero attached hydrogens (tertiary/aromatic N) is 1. The first-order valence-corrected chi connectivity index (χ1v) is 6.60. The Morgan fingerprint density at radius 1 is 1.44 bits per heavy atom. The second-order valence-corrected chi connectivity index (χ2v) is 5.68. The maximum atomic E-state index is 12.1. The molecule has 0 spiro atoms. The number of hydrogen-bond donors (Lipinski definition) is 2. The summed E-state index contributed by atoms with van der Waals surface area (Å²) in [5.74, 6) is -0.460. The van der Waals surface area contributed by atoms with E-state index in [2.05, 4.69) is 0 Å². The van der Waals surface area contributed by atoms with Crippen LogP contribution in [-0.4, -0.2) is 40.5 Å². The summed E-state index contributed by atoms with van der Waals surface area (Å²) in [6, 6.07) is -0.882. The van der Waals surface area contributed by atoms with Gasteiger partial charge in [0.05, 0.1) is 0 Å². The zero-order valence-corrected chi connectivity index (χ0v) is 11.4. The van der Waals surface area contributed by atoms with Crippen molar-refractivity contribution in [1.82, 2.24) is 4.90 Å². The van der Waals surface area contributed by atoms with Crippen LogP contribution in [0.1, 0.15) is 40.0 Å². The smallest absolute Gasteiger partial charge is 0.326 e. The second kappa shape index (κ2) is 6.18. The Morgan fingerprint density at radius 2 is 2.06 bits per heavy atom. The summed E-state index contributed by atoms with van der Waals surface area (Å²) in [5, 5.41) is 9.19. The van der Waals surface area contributed by atoms with Crippen molar-refractivity contribution in [2.24, 2.45) is 17.6 Å². The largest absolute Gasteiger partial charge is 0.480 e. The van der Waals surface area contributed by atoms with Crippen molar-refractivity contribution in [1.29, 1.82) is 0 Å². The highest BCUT2D eigenvalue weighted by Crippen LogP contribution is 2.23. The van der Waals surface area contributed by atoms with E-state index < -0.39 is 12.0 Å². The molecule has 18 heavy (non-hydrogen) atoms. The minimum atomic E-state index is -0.909. The van der Waals surface area contributed by atoms with Crippen molar-refractivity contribution < 1.29 is 14.7 Å². The number of carboxylic acid groups (broad SMARTS) is 1. The van der Waals surface area contributed by atoms with E-state index in [0.717, 1.165) is 6.42 Å². The van der Waals surface area contributed by atoms with Gasteiger partial charge in [-0.1, -0.05) is 20.8 Å². The predicted molar refractivity (Wildman–Crippen MR) is 69.0 cm³/mol. The minimum absolute atomic E-state index is 0.129. The summed E-state index contributed by atoms with van der Waals surface area (Å²) in [5.41, 5.74) is 5.88. The van der Waals surface area contributed by atoms with E-state index in [1.807, 2.05) is 20.8 Å². The van der Waals surface area contributed by atoms with Crippen LogP contribution in [0.2, 0.25) is 0 Å². The van der Waals surface area contributed by atoms with Crippen molar-refractivity contribution in [3.8, 4) is 0 Å². The number of nitrogens with two attached hydrogens (primary N) is 1. The highest BCUT2D eigenvalue weighted by molar-refractivity contribution is 5.84. The van der Waals surface area contributed by atoms with Crippen LogP contribution >= 0.6 is 0 Å². The van der Waals surface area contributed by atoms with Crippen LogP contribution < -0.4 is 5.73 Å². The number of carbonyl (C=O) groups is 2.